The van der Waals surface area contributed by atoms with E-state index in [9.17, 15) is 0 Å². The van der Waals surface area contributed by atoms with Crippen molar-refractivity contribution < 1.29 is 0 Å². The molecular formula is C12H10N2. The predicted molar refractivity (Wildman–Crippen MR) is 55.3 cm³/mol. The molecule has 1 rings (SSSR count). The molecule has 1 aromatic carbocycles. The maximum Gasteiger partial charge on any atom is 0.0998 e. The number of benzene rings is 1. The fourth-order valence-electron chi connectivity index (χ4n) is 1.20. The Balaban J connectivity index is 3.30. The second-order valence-corrected chi connectivity index (χ2v) is 3.10. The number of hydrogen-bond acceptors (Lipinski definition) is 2. The molecule has 0 unspecified atom stereocenters. The summed E-state index contributed by atoms with van der Waals surface area (Å²) < 4.78 is 0. The molecule has 14 heavy (non-hydrogen) atoms. The number of rotatable bonds is 1. The molecule has 0 saturated carbocycles. The van der Waals surface area contributed by atoms with Crippen LogP contribution >= 0.6 is 0 Å². The van der Waals surface area contributed by atoms with Crippen molar-refractivity contribution in [1.82, 2.24) is 0 Å². The molecule has 2 nitrogen and oxygen atoms in total. The van der Waals surface area contributed by atoms with Gasteiger partial charge in [-0.2, -0.15) is 10.5 Å². The minimum absolute atomic E-state index is 0.611. The van der Waals surface area contributed by atoms with E-state index in [1.165, 1.54) is 6.08 Å². The fraction of sp³-hybridized carbons (Fsp3) is 0.167. The van der Waals surface area contributed by atoms with E-state index in [4.69, 9.17) is 10.5 Å². The lowest BCUT2D eigenvalue weighted by atomic mass is 10.0. The van der Waals surface area contributed by atoms with Crippen LogP contribution in [0.1, 0.15) is 22.3 Å². The molecule has 0 radical (unpaired) electrons. The van der Waals surface area contributed by atoms with Crippen LogP contribution in [0, 0.1) is 36.5 Å². The van der Waals surface area contributed by atoms with Crippen molar-refractivity contribution >= 4 is 6.08 Å². The molecule has 0 aliphatic carbocycles. The quantitative estimate of drug-likeness (QED) is 0.627. The molecule has 0 aromatic heterocycles. The van der Waals surface area contributed by atoms with Crippen LogP contribution in [0.4, 0.5) is 0 Å². The first-order valence-corrected chi connectivity index (χ1v) is 4.26. The maximum absolute atomic E-state index is 8.87. The van der Waals surface area contributed by atoms with E-state index in [1.807, 2.05) is 32.0 Å². The average molecular weight is 182 g/mol. The summed E-state index contributed by atoms with van der Waals surface area (Å²) in [7, 11) is 0. The van der Waals surface area contributed by atoms with Gasteiger partial charge in [0.05, 0.1) is 17.7 Å². The molecule has 2 heteroatoms. The molecule has 0 amide bonds. The van der Waals surface area contributed by atoms with Crippen molar-refractivity contribution in [3.05, 3.63) is 40.5 Å². The van der Waals surface area contributed by atoms with E-state index < -0.39 is 0 Å². The van der Waals surface area contributed by atoms with E-state index in [2.05, 4.69) is 6.07 Å². The monoisotopic (exact) mass is 182 g/mol. The van der Waals surface area contributed by atoms with Gasteiger partial charge in [-0.05, 0) is 42.7 Å². The minimum atomic E-state index is 0.611. The highest BCUT2D eigenvalue weighted by Crippen LogP contribution is 2.16. The van der Waals surface area contributed by atoms with Gasteiger partial charge in [0, 0.05) is 6.08 Å². The van der Waals surface area contributed by atoms with Crippen LogP contribution in [0.2, 0.25) is 0 Å². The van der Waals surface area contributed by atoms with Gasteiger partial charge >= 0.3 is 0 Å². The molecule has 0 N–H and O–H groups in total. The molecule has 68 valence electrons. The summed E-state index contributed by atoms with van der Waals surface area (Å²) in [4.78, 5) is 0. The standard InChI is InChI=1S/C12H10N2/c1-9-6-11(4-3-5-13)12(8-14)7-10(9)2/h3-4,6-7H,1-2H3. The summed E-state index contributed by atoms with van der Waals surface area (Å²) in [5, 5.41) is 17.3. The number of allylic oxidation sites excluding steroid dienone is 1. The zero-order valence-electron chi connectivity index (χ0n) is 8.20. The summed E-state index contributed by atoms with van der Waals surface area (Å²) in [5.74, 6) is 0. The molecular weight excluding hydrogens is 172 g/mol. The van der Waals surface area contributed by atoms with Gasteiger partial charge in [0.1, 0.15) is 0 Å². The summed E-state index contributed by atoms with van der Waals surface area (Å²) in [6, 6.07) is 7.78. The topological polar surface area (TPSA) is 47.6 Å². The van der Waals surface area contributed by atoms with Gasteiger partial charge in [-0.15, -0.1) is 0 Å². The second kappa shape index (κ2) is 4.25. The normalized spacial score (nSPS) is 9.71. The zero-order chi connectivity index (χ0) is 10.6. The fourth-order valence-corrected chi connectivity index (χ4v) is 1.20. The Kier molecular flexibility index (Phi) is 3.05. The molecule has 0 aliphatic heterocycles. The Morgan fingerprint density at radius 1 is 1.14 bits per heavy atom. The van der Waals surface area contributed by atoms with Crippen LogP contribution in [-0.4, -0.2) is 0 Å². The third-order valence-electron chi connectivity index (χ3n) is 2.12. The highest BCUT2D eigenvalue weighted by molar-refractivity contribution is 5.61. The van der Waals surface area contributed by atoms with Crippen LogP contribution in [0.3, 0.4) is 0 Å². The number of hydrogen-bond donors (Lipinski definition) is 0. The zero-order valence-corrected chi connectivity index (χ0v) is 8.20. The summed E-state index contributed by atoms with van der Waals surface area (Å²) in [5.41, 5.74) is 3.63. The van der Waals surface area contributed by atoms with E-state index in [0.29, 0.717) is 5.56 Å². The van der Waals surface area contributed by atoms with Crippen LogP contribution < -0.4 is 0 Å². The molecule has 0 heterocycles. The van der Waals surface area contributed by atoms with Gasteiger partial charge in [0.25, 0.3) is 0 Å². The lowest BCUT2D eigenvalue weighted by molar-refractivity contribution is 1.31. The molecule has 0 aliphatic rings. The van der Waals surface area contributed by atoms with Crippen LogP contribution in [0.15, 0.2) is 18.2 Å². The van der Waals surface area contributed by atoms with Crippen molar-refractivity contribution in [3.63, 3.8) is 0 Å². The van der Waals surface area contributed by atoms with Crippen molar-refractivity contribution in [2.45, 2.75) is 13.8 Å². The molecule has 0 bridgehead atoms. The van der Waals surface area contributed by atoms with Crippen molar-refractivity contribution in [2.75, 3.05) is 0 Å². The Bertz CT molecular complexity index is 456. The van der Waals surface area contributed by atoms with E-state index in [0.717, 1.165) is 16.7 Å². The highest BCUT2D eigenvalue weighted by atomic mass is 14.2. The Labute approximate surface area is 83.7 Å². The van der Waals surface area contributed by atoms with E-state index in [1.54, 1.807) is 6.08 Å². The average Bonchev–Trinajstić information content (AvgIpc) is 2.19. The molecule has 0 fully saturated rings. The number of nitrogens with zero attached hydrogens (tertiary/aromatic N) is 2. The van der Waals surface area contributed by atoms with Gasteiger partial charge in [-0.3, -0.25) is 0 Å². The van der Waals surface area contributed by atoms with Crippen molar-refractivity contribution in [3.8, 4) is 12.1 Å². The predicted octanol–water partition coefficient (Wildman–Crippen LogP) is 2.71. The third kappa shape index (κ3) is 2.00. The first-order chi connectivity index (χ1) is 6.69. The molecule has 0 spiro atoms. The van der Waals surface area contributed by atoms with E-state index >= 15 is 0 Å². The highest BCUT2D eigenvalue weighted by Gasteiger charge is 2.01. The summed E-state index contributed by atoms with van der Waals surface area (Å²) >= 11 is 0. The lowest BCUT2D eigenvalue weighted by Gasteiger charge is -2.03. The second-order valence-electron chi connectivity index (χ2n) is 3.10. The molecule has 0 atom stereocenters. The van der Waals surface area contributed by atoms with Crippen LogP contribution in [0.5, 0.6) is 0 Å². The number of nitriles is 2. The Morgan fingerprint density at radius 3 is 2.36 bits per heavy atom. The van der Waals surface area contributed by atoms with Gasteiger partial charge in [-0.25, -0.2) is 0 Å². The smallest absolute Gasteiger partial charge is 0.0998 e. The van der Waals surface area contributed by atoms with Crippen LogP contribution in [-0.2, 0) is 0 Å². The van der Waals surface area contributed by atoms with Crippen LogP contribution in [0.25, 0.3) is 6.08 Å². The number of aryl methyl sites for hydroxylation is 2. The minimum Gasteiger partial charge on any atom is -0.193 e. The maximum atomic E-state index is 8.87. The van der Waals surface area contributed by atoms with Crippen molar-refractivity contribution in [1.29, 1.82) is 10.5 Å². The van der Waals surface area contributed by atoms with Gasteiger partial charge in [0.2, 0.25) is 0 Å². The van der Waals surface area contributed by atoms with Gasteiger partial charge < -0.3 is 0 Å². The van der Waals surface area contributed by atoms with E-state index in [-0.39, 0.29) is 0 Å². The van der Waals surface area contributed by atoms with Crippen molar-refractivity contribution in [2.24, 2.45) is 0 Å². The van der Waals surface area contributed by atoms with Gasteiger partial charge in [-0.1, -0.05) is 6.07 Å². The molecule has 1 aromatic rings. The SMILES string of the molecule is Cc1cc(C#N)c(C=CC#N)cc1C. The first kappa shape index (κ1) is 10.0. The van der Waals surface area contributed by atoms with Gasteiger partial charge in [0.15, 0.2) is 0 Å². The third-order valence-corrected chi connectivity index (χ3v) is 2.12. The lowest BCUT2D eigenvalue weighted by Crippen LogP contribution is -1.88. The Hall–Kier alpha value is -2.06. The molecule has 0 saturated heterocycles. The Morgan fingerprint density at radius 2 is 1.79 bits per heavy atom. The summed E-state index contributed by atoms with van der Waals surface area (Å²) in [6.45, 7) is 3.95. The largest absolute Gasteiger partial charge is 0.193 e. The first-order valence-electron chi connectivity index (χ1n) is 4.26. The summed E-state index contributed by atoms with van der Waals surface area (Å²) in [6.07, 6.45) is 3.04.